The van der Waals surface area contributed by atoms with E-state index in [9.17, 15) is 4.79 Å². The van der Waals surface area contributed by atoms with Gasteiger partial charge in [0, 0.05) is 24.5 Å². The Balaban J connectivity index is 1.57. The van der Waals surface area contributed by atoms with Crippen LogP contribution in [0.15, 0.2) is 33.0 Å². The third-order valence-electron chi connectivity index (χ3n) is 5.40. The number of aliphatic imine (C=N–C) groups is 1. The van der Waals surface area contributed by atoms with Gasteiger partial charge in [-0.1, -0.05) is 6.07 Å². The number of aryl methyl sites for hydroxylation is 1. The van der Waals surface area contributed by atoms with E-state index in [-0.39, 0.29) is 5.97 Å². The quantitative estimate of drug-likeness (QED) is 0.426. The van der Waals surface area contributed by atoms with Crippen molar-refractivity contribution in [2.45, 2.75) is 32.4 Å². The second-order valence-corrected chi connectivity index (χ2v) is 8.30. The molecule has 0 spiro atoms. The predicted molar refractivity (Wildman–Crippen MR) is 115 cm³/mol. The third kappa shape index (κ3) is 5.19. The van der Waals surface area contributed by atoms with E-state index in [4.69, 9.17) is 9.15 Å². The number of likely N-dealkylation sites (tertiary alicyclic amines) is 1. The third-order valence-corrected chi connectivity index (χ3v) is 6.34. The number of esters is 1. The molecule has 2 atom stereocenters. The van der Waals surface area contributed by atoms with E-state index in [1.807, 2.05) is 11.3 Å². The molecular weight excluding hydrogens is 388 g/mol. The molecule has 0 saturated carbocycles. The lowest BCUT2D eigenvalue weighted by Crippen LogP contribution is -2.44. The molecular formula is C21H30N4O3S. The molecule has 1 saturated heterocycles. The molecule has 2 unspecified atom stereocenters. The fraction of sp³-hybridized carbons (Fsp3) is 0.524. The van der Waals surface area contributed by atoms with Gasteiger partial charge in [-0.3, -0.25) is 9.89 Å². The van der Waals surface area contributed by atoms with Gasteiger partial charge < -0.3 is 19.8 Å². The highest BCUT2D eigenvalue weighted by Crippen LogP contribution is 2.36. The number of methoxy groups -OCH3 is 1. The van der Waals surface area contributed by atoms with Crippen LogP contribution in [0.5, 0.6) is 0 Å². The maximum Gasteiger partial charge on any atom is 0.341 e. The second kappa shape index (κ2) is 9.93. The summed E-state index contributed by atoms with van der Waals surface area (Å²) in [5.74, 6) is 2.07. The number of thiophene rings is 1. The Labute approximate surface area is 176 Å². The summed E-state index contributed by atoms with van der Waals surface area (Å²) in [4.78, 5) is 19.9. The largest absolute Gasteiger partial charge is 0.465 e. The zero-order chi connectivity index (χ0) is 20.8. The molecule has 1 aliphatic heterocycles. The van der Waals surface area contributed by atoms with Gasteiger partial charge in [0.25, 0.3) is 0 Å². The monoisotopic (exact) mass is 418 g/mol. The van der Waals surface area contributed by atoms with Gasteiger partial charge in [-0.05, 0) is 56.8 Å². The fourth-order valence-electron chi connectivity index (χ4n) is 3.95. The molecule has 8 heteroatoms. The number of nitrogens with zero attached hydrogens (tertiary/aromatic N) is 2. The number of rotatable bonds is 6. The predicted octanol–water partition coefficient (Wildman–Crippen LogP) is 3.18. The Morgan fingerprint density at radius 2 is 2.28 bits per heavy atom. The normalized spacial score (nSPS) is 20.5. The Morgan fingerprint density at radius 3 is 2.97 bits per heavy atom. The van der Waals surface area contributed by atoms with Crippen LogP contribution in [0.2, 0.25) is 0 Å². The van der Waals surface area contributed by atoms with Crippen LogP contribution in [0, 0.1) is 12.8 Å². The average Bonchev–Trinajstić information content (AvgIpc) is 3.37. The molecule has 2 aromatic heterocycles. The maximum atomic E-state index is 11.7. The van der Waals surface area contributed by atoms with Crippen LogP contribution in [0.4, 0.5) is 0 Å². The van der Waals surface area contributed by atoms with Crippen molar-refractivity contribution in [3.05, 3.63) is 45.5 Å². The lowest BCUT2D eigenvalue weighted by atomic mass is 9.88. The highest BCUT2D eigenvalue weighted by atomic mass is 32.1. The molecule has 1 aliphatic rings. The van der Waals surface area contributed by atoms with Gasteiger partial charge in [-0.15, -0.1) is 11.3 Å². The SMILES string of the molecule is CN=C(NCc1cc(C(=O)OC)c(C)o1)NCC1CCCN(C)C1c1cccs1. The maximum absolute atomic E-state index is 11.7. The molecule has 0 aliphatic carbocycles. The molecule has 0 bridgehead atoms. The van der Waals surface area contributed by atoms with Crippen molar-refractivity contribution in [2.75, 3.05) is 34.3 Å². The minimum absolute atomic E-state index is 0.388. The standard InChI is InChI=1S/C21H30N4O3S/c1-14-17(20(26)27-4)11-16(28-14)13-24-21(22-2)23-12-15-7-5-9-25(3)19(15)18-8-6-10-29-18/h6,8,10-11,15,19H,5,7,9,12-13H2,1-4H3,(H2,22,23,24). The van der Waals surface area contributed by atoms with E-state index in [0.717, 1.165) is 19.0 Å². The zero-order valence-electron chi connectivity index (χ0n) is 17.5. The van der Waals surface area contributed by atoms with Crippen LogP contribution >= 0.6 is 11.3 Å². The molecule has 158 valence electrons. The Kier molecular flexibility index (Phi) is 7.33. The number of carbonyl (C=O) groups is 1. The van der Waals surface area contributed by atoms with Gasteiger partial charge in [0.2, 0.25) is 0 Å². The Hall–Kier alpha value is -2.32. The van der Waals surface area contributed by atoms with Gasteiger partial charge in [-0.2, -0.15) is 0 Å². The molecule has 0 aromatic carbocycles. The van der Waals surface area contributed by atoms with Gasteiger partial charge in [0.1, 0.15) is 17.1 Å². The zero-order valence-corrected chi connectivity index (χ0v) is 18.3. The van der Waals surface area contributed by atoms with Crippen LogP contribution in [0.3, 0.4) is 0 Å². The van der Waals surface area contributed by atoms with Gasteiger partial charge in [0.15, 0.2) is 5.96 Å². The van der Waals surface area contributed by atoms with Gasteiger partial charge in [0.05, 0.1) is 13.7 Å². The minimum atomic E-state index is -0.388. The molecule has 3 rings (SSSR count). The summed E-state index contributed by atoms with van der Waals surface area (Å²) in [7, 11) is 5.33. The summed E-state index contributed by atoms with van der Waals surface area (Å²) in [6.45, 7) is 4.17. The highest BCUT2D eigenvalue weighted by molar-refractivity contribution is 7.10. The first kappa shape index (κ1) is 21.4. The van der Waals surface area contributed by atoms with E-state index in [1.54, 1.807) is 20.0 Å². The first-order valence-electron chi connectivity index (χ1n) is 9.89. The molecule has 7 nitrogen and oxygen atoms in total. The smallest absolute Gasteiger partial charge is 0.341 e. The van der Waals surface area contributed by atoms with Crippen LogP contribution < -0.4 is 10.6 Å². The summed E-state index contributed by atoms with van der Waals surface area (Å²) >= 11 is 1.83. The number of ether oxygens (including phenoxy) is 1. The van der Waals surface area contributed by atoms with E-state index in [2.05, 4.69) is 45.1 Å². The Morgan fingerprint density at radius 1 is 1.45 bits per heavy atom. The van der Waals surface area contributed by atoms with Crippen molar-refractivity contribution in [3.8, 4) is 0 Å². The second-order valence-electron chi connectivity index (χ2n) is 7.32. The molecule has 0 radical (unpaired) electrons. The average molecular weight is 419 g/mol. The van der Waals surface area contributed by atoms with Crippen LogP contribution in [0.25, 0.3) is 0 Å². The molecule has 0 amide bonds. The van der Waals surface area contributed by atoms with Crippen molar-refractivity contribution in [1.82, 2.24) is 15.5 Å². The van der Waals surface area contributed by atoms with E-state index in [0.29, 0.717) is 35.6 Å². The minimum Gasteiger partial charge on any atom is -0.465 e. The number of furan rings is 1. The van der Waals surface area contributed by atoms with Crippen molar-refractivity contribution in [2.24, 2.45) is 10.9 Å². The molecule has 2 aromatic rings. The van der Waals surface area contributed by atoms with Crippen molar-refractivity contribution in [3.63, 3.8) is 0 Å². The number of carbonyl (C=O) groups excluding carboxylic acids is 1. The number of hydrogen-bond acceptors (Lipinski definition) is 6. The first-order valence-corrected chi connectivity index (χ1v) is 10.8. The Bertz CT molecular complexity index is 831. The first-order chi connectivity index (χ1) is 14.0. The molecule has 29 heavy (non-hydrogen) atoms. The summed E-state index contributed by atoms with van der Waals surface area (Å²) in [5, 5.41) is 8.88. The van der Waals surface area contributed by atoms with Crippen LogP contribution in [0.1, 0.15) is 45.6 Å². The number of piperidine rings is 1. The van der Waals surface area contributed by atoms with Crippen LogP contribution in [-0.4, -0.2) is 51.1 Å². The summed E-state index contributed by atoms with van der Waals surface area (Å²) in [6, 6.07) is 6.51. The van der Waals surface area contributed by atoms with Crippen molar-refractivity contribution in [1.29, 1.82) is 0 Å². The summed E-state index contributed by atoms with van der Waals surface area (Å²) < 4.78 is 10.4. The van der Waals surface area contributed by atoms with Gasteiger partial charge >= 0.3 is 5.97 Å². The molecule has 1 fully saturated rings. The lowest BCUT2D eigenvalue weighted by molar-refractivity contribution is 0.0599. The van der Waals surface area contributed by atoms with E-state index in [1.165, 1.54) is 24.8 Å². The number of guanidine groups is 1. The van der Waals surface area contributed by atoms with Crippen molar-refractivity contribution >= 4 is 23.3 Å². The summed E-state index contributed by atoms with van der Waals surface area (Å²) in [5.41, 5.74) is 0.455. The fourth-order valence-corrected chi connectivity index (χ4v) is 4.93. The molecule has 3 heterocycles. The molecule has 2 N–H and O–H groups in total. The summed E-state index contributed by atoms with van der Waals surface area (Å²) in [6.07, 6.45) is 2.40. The number of hydrogen-bond donors (Lipinski definition) is 2. The van der Waals surface area contributed by atoms with Gasteiger partial charge in [-0.25, -0.2) is 4.79 Å². The van der Waals surface area contributed by atoms with Crippen molar-refractivity contribution < 1.29 is 13.9 Å². The van der Waals surface area contributed by atoms with Crippen LogP contribution in [-0.2, 0) is 11.3 Å². The highest BCUT2D eigenvalue weighted by Gasteiger charge is 2.31. The topological polar surface area (TPSA) is 79.1 Å². The number of nitrogens with one attached hydrogen (secondary N) is 2. The van der Waals surface area contributed by atoms with E-state index < -0.39 is 0 Å². The lowest BCUT2D eigenvalue weighted by Gasteiger charge is -2.39. The van der Waals surface area contributed by atoms with E-state index >= 15 is 0 Å².